The number of rotatable bonds is 0. The summed E-state index contributed by atoms with van der Waals surface area (Å²) in [5.41, 5.74) is 10.4. The Morgan fingerprint density at radius 2 is 1.64 bits per heavy atom. The molecule has 2 heteroatoms. The van der Waals surface area contributed by atoms with Crippen molar-refractivity contribution in [1.29, 1.82) is 0 Å². The number of furan rings is 1. The maximum Gasteiger partial charge on any atom is 0.142 e. The minimum atomic E-state index is -0.137. The van der Waals surface area contributed by atoms with E-state index in [0.717, 1.165) is 22.4 Å². The smallest absolute Gasteiger partial charge is 0.142 e. The van der Waals surface area contributed by atoms with Gasteiger partial charge < -0.3 is 4.42 Å². The molecule has 28 heavy (non-hydrogen) atoms. The lowest BCUT2D eigenvalue weighted by Gasteiger charge is -2.29. The highest BCUT2D eigenvalue weighted by Crippen LogP contribution is 2.51. The van der Waals surface area contributed by atoms with Gasteiger partial charge in [-0.2, -0.15) is 0 Å². The molecule has 0 saturated carbocycles. The Bertz CT molecular complexity index is 1280. The third kappa shape index (κ3) is 2.12. The van der Waals surface area contributed by atoms with E-state index in [4.69, 9.17) is 9.40 Å². The largest absolute Gasteiger partial charge is 0.455 e. The summed E-state index contributed by atoms with van der Waals surface area (Å²) in [7, 11) is 0. The van der Waals surface area contributed by atoms with Crippen LogP contribution in [0.15, 0.2) is 40.9 Å². The van der Waals surface area contributed by atoms with Gasteiger partial charge in [0.05, 0.1) is 11.1 Å². The number of fused-ring (bicyclic) bond motifs is 2. The second kappa shape index (κ2) is 5.26. The summed E-state index contributed by atoms with van der Waals surface area (Å²) in [5, 5.41) is 2.42. The summed E-state index contributed by atoms with van der Waals surface area (Å²) in [5.74, 6) is 0. The average molecular weight is 370 g/mol. The fourth-order valence-corrected chi connectivity index (χ4v) is 4.83. The number of aryl methyl sites for hydroxylation is 2. The number of hydrogen-bond donors (Lipinski definition) is 0. The normalized spacial score (nSPS) is 15.2. The second-order valence-corrected chi connectivity index (χ2v) is 9.88. The van der Waals surface area contributed by atoms with Gasteiger partial charge in [-0.05, 0) is 30.4 Å². The van der Waals surface area contributed by atoms with Crippen LogP contribution in [0.1, 0.15) is 62.4 Å². The molecule has 0 unspecified atom stereocenters. The predicted octanol–water partition coefficient (Wildman–Crippen LogP) is 7.20. The van der Waals surface area contributed by atoms with Crippen LogP contribution >= 0.6 is 0 Å². The molecule has 1 aliphatic carbocycles. The zero-order chi connectivity index (χ0) is 20.0. The minimum Gasteiger partial charge on any atom is -0.455 e. The first-order valence-corrected chi connectivity index (χ1v) is 10.1. The van der Waals surface area contributed by atoms with E-state index in [0.29, 0.717) is 0 Å². The van der Waals surface area contributed by atoms with Crippen molar-refractivity contribution in [3.8, 4) is 11.3 Å². The summed E-state index contributed by atoms with van der Waals surface area (Å²) in [4.78, 5) is 4.92. The summed E-state index contributed by atoms with van der Waals surface area (Å²) >= 11 is 0. The van der Waals surface area contributed by atoms with Crippen LogP contribution in [0.2, 0.25) is 0 Å². The standard InChI is InChI=1S/C26H27NO/c1-14-8-9-16-19(12-14)26(6,7)17-10-11-18(25(3,4)5)24-20(17)21-22(16)27-13-15(2)23(21)28-24/h8-13H,1-7H3. The van der Waals surface area contributed by atoms with Crippen LogP contribution in [0.25, 0.3) is 33.2 Å². The molecule has 2 heterocycles. The van der Waals surface area contributed by atoms with Crippen LogP contribution in [0.5, 0.6) is 0 Å². The van der Waals surface area contributed by atoms with Gasteiger partial charge in [0.2, 0.25) is 0 Å². The molecular weight excluding hydrogens is 342 g/mol. The lowest BCUT2D eigenvalue weighted by Crippen LogP contribution is -2.21. The van der Waals surface area contributed by atoms with Crippen molar-refractivity contribution in [1.82, 2.24) is 4.98 Å². The Labute approximate surface area is 166 Å². The molecule has 0 radical (unpaired) electrons. The molecule has 5 rings (SSSR count). The summed E-state index contributed by atoms with van der Waals surface area (Å²) in [6.07, 6.45) is 1.96. The first-order chi connectivity index (χ1) is 13.1. The molecule has 4 aromatic rings. The topological polar surface area (TPSA) is 26.0 Å². The van der Waals surface area contributed by atoms with Crippen molar-refractivity contribution >= 4 is 21.9 Å². The van der Waals surface area contributed by atoms with E-state index in [2.05, 4.69) is 78.8 Å². The Balaban J connectivity index is 2.10. The van der Waals surface area contributed by atoms with Crippen LogP contribution in [-0.2, 0) is 10.8 Å². The summed E-state index contributed by atoms with van der Waals surface area (Å²) < 4.78 is 6.59. The van der Waals surface area contributed by atoms with E-state index in [-0.39, 0.29) is 10.8 Å². The van der Waals surface area contributed by atoms with Gasteiger partial charge in [-0.3, -0.25) is 4.98 Å². The predicted molar refractivity (Wildman–Crippen MR) is 117 cm³/mol. The van der Waals surface area contributed by atoms with Gasteiger partial charge in [0, 0.05) is 33.7 Å². The Hall–Kier alpha value is -2.61. The summed E-state index contributed by atoms with van der Waals surface area (Å²) in [6, 6.07) is 11.3. The molecule has 2 aromatic carbocycles. The molecular formula is C26H27NO. The van der Waals surface area contributed by atoms with Crippen LogP contribution in [0, 0.1) is 13.8 Å². The van der Waals surface area contributed by atoms with Gasteiger partial charge in [-0.25, -0.2) is 0 Å². The molecule has 0 N–H and O–H groups in total. The first-order valence-electron chi connectivity index (χ1n) is 10.1. The third-order valence-corrected chi connectivity index (χ3v) is 6.41. The van der Waals surface area contributed by atoms with E-state index in [1.54, 1.807) is 0 Å². The van der Waals surface area contributed by atoms with Crippen molar-refractivity contribution in [3.05, 3.63) is 64.3 Å². The van der Waals surface area contributed by atoms with Gasteiger partial charge in [0.15, 0.2) is 0 Å². The molecule has 142 valence electrons. The molecule has 0 bridgehead atoms. The van der Waals surface area contributed by atoms with Crippen LogP contribution < -0.4 is 0 Å². The maximum atomic E-state index is 6.59. The lowest BCUT2D eigenvalue weighted by atomic mass is 9.74. The number of hydrogen-bond acceptors (Lipinski definition) is 2. The van der Waals surface area contributed by atoms with Gasteiger partial charge >= 0.3 is 0 Å². The first kappa shape index (κ1) is 17.5. The van der Waals surface area contributed by atoms with Crippen molar-refractivity contribution in [2.45, 2.75) is 59.3 Å². The van der Waals surface area contributed by atoms with Gasteiger partial charge in [0.1, 0.15) is 11.2 Å². The lowest BCUT2D eigenvalue weighted by molar-refractivity contribution is 0.570. The monoisotopic (exact) mass is 369 g/mol. The maximum absolute atomic E-state index is 6.59. The zero-order valence-corrected chi connectivity index (χ0v) is 17.8. The van der Waals surface area contributed by atoms with E-state index in [9.17, 15) is 0 Å². The molecule has 0 amide bonds. The number of pyridine rings is 1. The number of aromatic nitrogens is 1. The van der Waals surface area contributed by atoms with Crippen molar-refractivity contribution in [2.24, 2.45) is 0 Å². The Morgan fingerprint density at radius 3 is 2.36 bits per heavy atom. The molecule has 2 nitrogen and oxygen atoms in total. The molecule has 0 atom stereocenters. The Kier molecular flexibility index (Phi) is 3.28. The molecule has 2 aromatic heterocycles. The SMILES string of the molecule is Cc1ccc2c(c1)C(C)(C)c1ccc(C(C)(C)C)c3oc4c(C)cnc-2c4c13. The van der Waals surface area contributed by atoms with Gasteiger partial charge in [-0.1, -0.05) is 70.5 Å². The van der Waals surface area contributed by atoms with E-state index >= 15 is 0 Å². The highest BCUT2D eigenvalue weighted by molar-refractivity contribution is 6.16. The minimum absolute atomic E-state index is 0.00773. The number of benzene rings is 2. The van der Waals surface area contributed by atoms with E-state index in [1.807, 2.05) is 6.20 Å². The second-order valence-electron chi connectivity index (χ2n) is 9.88. The Morgan fingerprint density at radius 1 is 0.893 bits per heavy atom. The van der Waals surface area contributed by atoms with Crippen LogP contribution in [-0.4, -0.2) is 4.98 Å². The zero-order valence-electron chi connectivity index (χ0n) is 17.8. The molecule has 1 aliphatic rings. The quantitative estimate of drug-likeness (QED) is 0.327. The van der Waals surface area contributed by atoms with E-state index < -0.39 is 0 Å². The van der Waals surface area contributed by atoms with Crippen LogP contribution in [0.3, 0.4) is 0 Å². The van der Waals surface area contributed by atoms with E-state index in [1.165, 1.54) is 38.6 Å². The molecule has 0 fully saturated rings. The third-order valence-electron chi connectivity index (χ3n) is 6.41. The molecule has 0 aliphatic heterocycles. The van der Waals surface area contributed by atoms with Gasteiger partial charge in [-0.15, -0.1) is 0 Å². The fraction of sp³-hybridized carbons (Fsp3) is 0.346. The average Bonchev–Trinajstić information content (AvgIpc) is 2.98. The molecule has 0 spiro atoms. The van der Waals surface area contributed by atoms with Crippen molar-refractivity contribution in [2.75, 3.05) is 0 Å². The van der Waals surface area contributed by atoms with Crippen LogP contribution in [0.4, 0.5) is 0 Å². The highest BCUT2D eigenvalue weighted by atomic mass is 16.3. The van der Waals surface area contributed by atoms with Crippen molar-refractivity contribution in [3.63, 3.8) is 0 Å². The highest BCUT2D eigenvalue weighted by Gasteiger charge is 2.36. The number of nitrogens with zero attached hydrogens (tertiary/aromatic N) is 1. The summed E-state index contributed by atoms with van der Waals surface area (Å²) in [6.45, 7) is 15.7. The van der Waals surface area contributed by atoms with Crippen molar-refractivity contribution < 1.29 is 4.42 Å². The molecule has 0 saturated heterocycles. The van der Waals surface area contributed by atoms with Gasteiger partial charge in [0.25, 0.3) is 0 Å². The fourth-order valence-electron chi connectivity index (χ4n) is 4.83.